The molecule has 3 unspecified atom stereocenters. The van der Waals surface area contributed by atoms with Crippen LogP contribution in [0.5, 0.6) is 5.75 Å². The summed E-state index contributed by atoms with van der Waals surface area (Å²) in [6, 6.07) is 20.4. The van der Waals surface area contributed by atoms with Gasteiger partial charge >= 0.3 is 0 Å². The summed E-state index contributed by atoms with van der Waals surface area (Å²) >= 11 is 6.04. The number of hydrogen-bond acceptors (Lipinski definition) is 5. The fourth-order valence-electron chi connectivity index (χ4n) is 5.73. The Morgan fingerprint density at radius 1 is 0.972 bits per heavy atom. The van der Waals surface area contributed by atoms with Crippen molar-refractivity contribution < 1.29 is 14.6 Å². The van der Waals surface area contributed by atoms with Crippen LogP contribution < -0.4 is 4.74 Å². The van der Waals surface area contributed by atoms with Crippen molar-refractivity contribution in [2.75, 3.05) is 46.9 Å². The third-order valence-corrected chi connectivity index (χ3v) is 8.34. The van der Waals surface area contributed by atoms with Gasteiger partial charge in [-0.1, -0.05) is 41.9 Å². The maximum atomic E-state index is 12.2. The van der Waals surface area contributed by atoms with Gasteiger partial charge in [0.1, 0.15) is 5.75 Å². The van der Waals surface area contributed by atoms with Crippen molar-refractivity contribution in [3.8, 4) is 5.75 Å². The molecule has 0 bridgehead atoms. The second kappa shape index (κ2) is 11.1. The monoisotopic (exact) mass is 508 g/mol. The van der Waals surface area contributed by atoms with Crippen LogP contribution in [-0.2, 0) is 16.9 Å². The maximum Gasteiger partial charge on any atom is 0.119 e. The van der Waals surface area contributed by atoms with E-state index in [1.807, 2.05) is 36.4 Å². The van der Waals surface area contributed by atoms with Crippen molar-refractivity contribution in [1.29, 1.82) is 0 Å². The minimum Gasteiger partial charge on any atom is -0.497 e. The number of aliphatic hydroxyl groups is 1. The highest BCUT2D eigenvalue weighted by Gasteiger charge is 2.44. The summed E-state index contributed by atoms with van der Waals surface area (Å²) < 4.78 is 11.8. The predicted octanol–water partition coefficient (Wildman–Crippen LogP) is 5.32. The number of fused-ring (bicyclic) bond motifs is 1. The number of likely N-dealkylation sites (N-methyl/N-ethyl adjacent to an activating group) is 1. The minimum absolute atomic E-state index is 0.0978. The number of rotatable bonds is 7. The number of methoxy groups -OCH3 is 1. The van der Waals surface area contributed by atoms with Crippen LogP contribution in [0.4, 0.5) is 0 Å². The topological polar surface area (TPSA) is 45.2 Å². The Morgan fingerprint density at radius 3 is 2.44 bits per heavy atom. The van der Waals surface area contributed by atoms with Crippen molar-refractivity contribution in [3.05, 3.63) is 76.8 Å². The van der Waals surface area contributed by atoms with Crippen LogP contribution in [0.25, 0.3) is 10.8 Å². The summed E-state index contributed by atoms with van der Waals surface area (Å²) in [5, 5.41) is 15.2. The highest BCUT2D eigenvalue weighted by Crippen LogP contribution is 2.44. The summed E-state index contributed by atoms with van der Waals surface area (Å²) in [6.07, 6.45) is 2.50. The average Bonchev–Trinajstić information content (AvgIpc) is 2.90. The number of nitrogens with zero attached hydrogens (tertiary/aromatic N) is 2. The summed E-state index contributed by atoms with van der Waals surface area (Å²) in [5.74, 6) is 0.945. The van der Waals surface area contributed by atoms with Gasteiger partial charge in [0.2, 0.25) is 0 Å². The summed E-state index contributed by atoms with van der Waals surface area (Å²) in [7, 11) is 3.87. The van der Waals surface area contributed by atoms with Gasteiger partial charge in [-0.3, -0.25) is 0 Å². The van der Waals surface area contributed by atoms with Crippen LogP contribution in [0.15, 0.2) is 60.7 Å². The van der Waals surface area contributed by atoms with Gasteiger partial charge in [-0.05, 0) is 78.5 Å². The first-order chi connectivity index (χ1) is 17.4. The number of ether oxygens (including phenoxy) is 2. The Morgan fingerprint density at radius 2 is 1.69 bits per heavy atom. The molecule has 1 aliphatic heterocycles. The fourth-order valence-corrected chi connectivity index (χ4v) is 5.86. The molecule has 0 aromatic heterocycles. The molecule has 192 valence electrons. The molecular formula is C30H37ClN2O3. The van der Waals surface area contributed by atoms with E-state index in [9.17, 15) is 5.11 Å². The number of piperazine rings is 1. The molecule has 2 aliphatic rings. The predicted molar refractivity (Wildman–Crippen MR) is 146 cm³/mol. The molecule has 1 heterocycles. The van der Waals surface area contributed by atoms with Crippen LogP contribution in [-0.4, -0.2) is 67.9 Å². The van der Waals surface area contributed by atoms with Crippen molar-refractivity contribution in [2.45, 2.75) is 37.6 Å². The lowest BCUT2D eigenvalue weighted by molar-refractivity contribution is -0.114. The number of hydrogen-bond donors (Lipinski definition) is 1. The first-order valence-corrected chi connectivity index (χ1v) is 13.4. The van der Waals surface area contributed by atoms with Gasteiger partial charge in [-0.15, -0.1) is 0 Å². The molecule has 3 atom stereocenters. The zero-order valence-corrected chi connectivity index (χ0v) is 22.1. The van der Waals surface area contributed by atoms with Gasteiger partial charge in [0.25, 0.3) is 0 Å². The van der Waals surface area contributed by atoms with Crippen LogP contribution in [0.1, 0.15) is 30.4 Å². The Labute approximate surface area is 219 Å². The van der Waals surface area contributed by atoms with E-state index in [1.165, 1.54) is 0 Å². The SMILES string of the molecule is COc1ccc2cc(C3(O)CCC(OCc4ccc(Cl)cc4)CC3CN3CCN(C)CC3)ccc2c1. The van der Waals surface area contributed by atoms with Crippen molar-refractivity contribution >= 4 is 22.4 Å². The van der Waals surface area contributed by atoms with Crippen LogP contribution in [0.3, 0.4) is 0 Å². The molecule has 3 aromatic rings. The highest BCUT2D eigenvalue weighted by atomic mass is 35.5. The molecule has 0 amide bonds. The lowest BCUT2D eigenvalue weighted by Crippen LogP contribution is -2.52. The van der Waals surface area contributed by atoms with Crippen molar-refractivity contribution in [2.24, 2.45) is 5.92 Å². The van der Waals surface area contributed by atoms with Crippen molar-refractivity contribution in [1.82, 2.24) is 9.80 Å². The zero-order valence-electron chi connectivity index (χ0n) is 21.3. The molecule has 0 spiro atoms. The number of benzene rings is 3. The average molecular weight is 509 g/mol. The molecule has 6 heteroatoms. The quantitative estimate of drug-likeness (QED) is 0.468. The molecule has 0 radical (unpaired) electrons. The normalized spacial score (nSPS) is 25.8. The van der Waals surface area contributed by atoms with Gasteiger partial charge < -0.3 is 24.4 Å². The molecular weight excluding hydrogens is 472 g/mol. The lowest BCUT2D eigenvalue weighted by Gasteiger charge is -2.46. The fraction of sp³-hybridized carbons (Fsp3) is 0.467. The molecule has 5 nitrogen and oxygen atoms in total. The van der Waals surface area contributed by atoms with E-state index in [0.717, 1.165) is 78.2 Å². The molecule has 1 saturated heterocycles. The molecule has 1 N–H and O–H groups in total. The van der Waals surface area contributed by atoms with E-state index >= 15 is 0 Å². The third kappa shape index (κ3) is 5.71. The first-order valence-electron chi connectivity index (χ1n) is 13.0. The second-order valence-electron chi connectivity index (χ2n) is 10.5. The van der Waals surface area contributed by atoms with E-state index < -0.39 is 5.60 Å². The maximum absolute atomic E-state index is 12.2. The summed E-state index contributed by atoms with van der Waals surface area (Å²) in [5.41, 5.74) is 1.26. The third-order valence-electron chi connectivity index (χ3n) is 8.09. The van der Waals surface area contributed by atoms with Crippen molar-refractivity contribution in [3.63, 3.8) is 0 Å². The molecule has 36 heavy (non-hydrogen) atoms. The standard InChI is InChI=1S/C30H37ClN2O3/c1-32-13-15-33(16-14-32)20-26-19-29(36-21-22-3-8-27(31)9-4-22)11-12-30(26,34)25-7-5-24-18-28(35-2)10-6-23(24)17-25/h3-10,17-18,26,29,34H,11-16,19-21H2,1-2H3. The van der Waals surface area contributed by atoms with Crippen LogP contribution >= 0.6 is 11.6 Å². The first kappa shape index (κ1) is 25.5. The van der Waals surface area contributed by atoms with Crippen LogP contribution in [0.2, 0.25) is 5.02 Å². The van der Waals surface area contributed by atoms with Gasteiger partial charge in [0, 0.05) is 43.7 Å². The molecule has 3 aromatic carbocycles. The smallest absolute Gasteiger partial charge is 0.119 e. The second-order valence-corrected chi connectivity index (χ2v) is 10.9. The molecule has 1 aliphatic carbocycles. The number of halogens is 1. The Kier molecular flexibility index (Phi) is 7.85. The van der Waals surface area contributed by atoms with Gasteiger partial charge in [-0.2, -0.15) is 0 Å². The lowest BCUT2D eigenvalue weighted by atomic mass is 9.70. The Hall–Kier alpha value is -2.15. The van der Waals surface area contributed by atoms with Gasteiger partial charge in [0.15, 0.2) is 0 Å². The van der Waals surface area contributed by atoms with Crippen LogP contribution in [0, 0.1) is 5.92 Å². The van der Waals surface area contributed by atoms with E-state index in [-0.39, 0.29) is 12.0 Å². The minimum atomic E-state index is -0.877. The summed E-state index contributed by atoms with van der Waals surface area (Å²) in [4.78, 5) is 4.89. The zero-order chi connectivity index (χ0) is 25.1. The molecule has 5 rings (SSSR count). The Balaban J connectivity index is 1.36. The van der Waals surface area contributed by atoms with E-state index in [2.05, 4.69) is 41.1 Å². The van der Waals surface area contributed by atoms with E-state index in [0.29, 0.717) is 13.0 Å². The van der Waals surface area contributed by atoms with Gasteiger partial charge in [0.05, 0.1) is 25.4 Å². The molecule has 2 fully saturated rings. The van der Waals surface area contributed by atoms with E-state index in [4.69, 9.17) is 21.1 Å². The van der Waals surface area contributed by atoms with Gasteiger partial charge in [-0.25, -0.2) is 0 Å². The summed E-state index contributed by atoms with van der Waals surface area (Å²) in [6.45, 7) is 5.66. The highest BCUT2D eigenvalue weighted by molar-refractivity contribution is 6.30. The largest absolute Gasteiger partial charge is 0.497 e. The Bertz CT molecular complexity index is 1160. The molecule has 1 saturated carbocycles. The van der Waals surface area contributed by atoms with E-state index in [1.54, 1.807) is 7.11 Å².